The third-order valence-electron chi connectivity index (χ3n) is 3.15. The molecule has 2 aliphatic heterocycles. The molecule has 2 rings (SSSR count). The van der Waals surface area contributed by atoms with Crippen LogP contribution in [0.2, 0.25) is 0 Å². The molecule has 0 spiro atoms. The Morgan fingerprint density at radius 2 is 1.85 bits per heavy atom. The van der Waals surface area contributed by atoms with Gasteiger partial charge in [0, 0.05) is 6.54 Å². The minimum Gasteiger partial charge on any atom is -0.377 e. The Morgan fingerprint density at radius 3 is 2.38 bits per heavy atom. The van der Waals surface area contributed by atoms with Gasteiger partial charge in [-0.15, -0.1) is 0 Å². The van der Waals surface area contributed by atoms with Gasteiger partial charge in [-0.25, -0.2) is 0 Å². The largest absolute Gasteiger partial charge is 0.377 e. The zero-order valence-corrected chi connectivity index (χ0v) is 8.30. The molecule has 0 atom stereocenters. The monoisotopic (exact) mass is 184 g/mol. The van der Waals surface area contributed by atoms with Crippen molar-refractivity contribution in [3.8, 4) is 0 Å². The number of hydrogen-bond donors (Lipinski definition) is 1. The molecule has 0 bridgehead atoms. The highest BCUT2D eigenvalue weighted by atomic mass is 16.5. The molecule has 0 amide bonds. The maximum Gasteiger partial charge on any atom is 0.0670 e. The number of ether oxygens (including phenoxy) is 1. The summed E-state index contributed by atoms with van der Waals surface area (Å²) in [6.07, 6.45) is 5.25. The highest BCUT2D eigenvalue weighted by molar-refractivity contribution is 4.91. The maximum absolute atomic E-state index is 6.07. The van der Waals surface area contributed by atoms with Gasteiger partial charge >= 0.3 is 0 Å². The van der Waals surface area contributed by atoms with Crippen molar-refractivity contribution in [2.45, 2.75) is 31.2 Å². The molecule has 0 aromatic heterocycles. The maximum atomic E-state index is 6.07. The molecule has 2 fully saturated rings. The minimum absolute atomic E-state index is 0.0114. The van der Waals surface area contributed by atoms with E-state index in [9.17, 15) is 0 Å². The molecule has 2 aliphatic rings. The Kier molecular flexibility index (Phi) is 2.86. The van der Waals surface area contributed by atoms with Crippen molar-refractivity contribution in [3.63, 3.8) is 0 Å². The van der Waals surface area contributed by atoms with Crippen molar-refractivity contribution in [2.24, 2.45) is 5.73 Å². The summed E-state index contributed by atoms with van der Waals surface area (Å²) < 4.78 is 5.13. The van der Waals surface area contributed by atoms with Crippen molar-refractivity contribution >= 4 is 0 Å². The van der Waals surface area contributed by atoms with Crippen molar-refractivity contribution in [2.75, 3.05) is 32.8 Å². The van der Waals surface area contributed by atoms with Gasteiger partial charge < -0.3 is 15.4 Å². The predicted octanol–water partition coefficient (Wildman–Crippen LogP) is 0.590. The van der Waals surface area contributed by atoms with Crippen molar-refractivity contribution in [1.82, 2.24) is 4.90 Å². The van der Waals surface area contributed by atoms with E-state index in [0.29, 0.717) is 0 Å². The second kappa shape index (κ2) is 3.95. The molecule has 0 aromatic carbocycles. The van der Waals surface area contributed by atoms with Gasteiger partial charge in [0.2, 0.25) is 0 Å². The van der Waals surface area contributed by atoms with Gasteiger partial charge in [0.25, 0.3) is 0 Å². The Labute approximate surface area is 80.2 Å². The quantitative estimate of drug-likeness (QED) is 0.697. The van der Waals surface area contributed by atoms with Gasteiger partial charge in [0.1, 0.15) is 0 Å². The molecule has 0 saturated carbocycles. The fraction of sp³-hybridized carbons (Fsp3) is 1.00. The molecule has 2 N–H and O–H groups in total. The van der Waals surface area contributed by atoms with Crippen LogP contribution in [0, 0.1) is 0 Å². The van der Waals surface area contributed by atoms with Gasteiger partial charge in [-0.2, -0.15) is 0 Å². The van der Waals surface area contributed by atoms with Gasteiger partial charge in [0.15, 0.2) is 0 Å². The fourth-order valence-corrected chi connectivity index (χ4v) is 2.07. The zero-order valence-electron chi connectivity index (χ0n) is 8.30. The van der Waals surface area contributed by atoms with E-state index < -0.39 is 0 Å². The summed E-state index contributed by atoms with van der Waals surface area (Å²) >= 11 is 0. The molecule has 0 radical (unpaired) electrons. The van der Waals surface area contributed by atoms with Gasteiger partial charge in [-0.1, -0.05) is 6.42 Å². The van der Waals surface area contributed by atoms with Crippen molar-refractivity contribution in [1.29, 1.82) is 0 Å². The normalized spacial score (nSPS) is 28.4. The highest BCUT2D eigenvalue weighted by Crippen LogP contribution is 2.19. The molecule has 13 heavy (non-hydrogen) atoms. The smallest absolute Gasteiger partial charge is 0.0670 e. The fourth-order valence-electron chi connectivity index (χ4n) is 2.07. The lowest BCUT2D eigenvalue weighted by Gasteiger charge is -2.39. The zero-order chi connectivity index (χ0) is 9.15. The lowest BCUT2D eigenvalue weighted by molar-refractivity contribution is -0.0609. The molecule has 76 valence electrons. The van der Waals surface area contributed by atoms with Crippen LogP contribution in [0.4, 0.5) is 0 Å². The molecular weight excluding hydrogens is 164 g/mol. The van der Waals surface area contributed by atoms with Crippen LogP contribution in [-0.4, -0.2) is 43.3 Å². The van der Waals surface area contributed by atoms with E-state index in [1.807, 2.05) is 0 Å². The Bertz CT molecular complexity index is 162. The van der Waals surface area contributed by atoms with Crippen LogP contribution in [0.15, 0.2) is 0 Å². The van der Waals surface area contributed by atoms with Crippen LogP contribution in [0.1, 0.15) is 25.7 Å². The summed E-state index contributed by atoms with van der Waals surface area (Å²) in [5, 5.41) is 0. The number of piperidine rings is 1. The minimum atomic E-state index is 0.0114. The van der Waals surface area contributed by atoms with Crippen LogP contribution < -0.4 is 5.73 Å². The molecule has 0 unspecified atom stereocenters. The van der Waals surface area contributed by atoms with E-state index in [1.54, 1.807) is 0 Å². The molecule has 3 nitrogen and oxygen atoms in total. The molecule has 0 aliphatic carbocycles. The summed E-state index contributed by atoms with van der Waals surface area (Å²) in [6.45, 7) is 5.25. The lowest BCUT2D eigenvalue weighted by atomic mass is 9.94. The average molecular weight is 184 g/mol. The predicted molar refractivity (Wildman–Crippen MR) is 52.6 cm³/mol. The first kappa shape index (κ1) is 9.44. The third-order valence-corrected chi connectivity index (χ3v) is 3.15. The van der Waals surface area contributed by atoms with Crippen LogP contribution in [0.25, 0.3) is 0 Å². The number of nitrogens with two attached hydrogens (primary N) is 1. The molecule has 2 saturated heterocycles. The van der Waals surface area contributed by atoms with Crippen LogP contribution in [0.3, 0.4) is 0 Å². The average Bonchev–Trinajstić information content (AvgIpc) is 2.13. The summed E-state index contributed by atoms with van der Waals surface area (Å²) in [6, 6.07) is 0. The first-order chi connectivity index (χ1) is 6.29. The number of rotatable bonds is 3. The SMILES string of the molecule is NC1(CCN2CCCCC2)COC1. The van der Waals surface area contributed by atoms with E-state index in [2.05, 4.69) is 4.90 Å². The summed E-state index contributed by atoms with van der Waals surface area (Å²) in [5.41, 5.74) is 6.08. The van der Waals surface area contributed by atoms with E-state index in [-0.39, 0.29) is 5.54 Å². The van der Waals surface area contributed by atoms with E-state index in [0.717, 1.165) is 19.6 Å². The van der Waals surface area contributed by atoms with Gasteiger partial charge in [0.05, 0.1) is 18.8 Å². The topological polar surface area (TPSA) is 38.5 Å². The van der Waals surface area contributed by atoms with E-state index >= 15 is 0 Å². The Hall–Kier alpha value is -0.120. The number of hydrogen-bond acceptors (Lipinski definition) is 3. The summed E-state index contributed by atoms with van der Waals surface area (Å²) in [5.74, 6) is 0. The first-order valence-electron chi connectivity index (χ1n) is 5.38. The van der Waals surface area contributed by atoms with Crippen LogP contribution >= 0.6 is 0 Å². The third kappa shape index (κ3) is 2.42. The summed E-state index contributed by atoms with van der Waals surface area (Å²) in [7, 11) is 0. The van der Waals surface area contributed by atoms with Crippen molar-refractivity contribution < 1.29 is 4.74 Å². The second-order valence-corrected chi connectivity index (χ2v) is 4.51. The first-order valence-corrected chi connectivity index (χ1v) is 5.38. The lowest BCUT2D eigenvalue weighted by Crippen LogP contribution is -2.58. The molecule has 3 heteroatoms. The van der Waals surface area contributed by atoms with Crippen LogP contribution in [0.5, 0.6) is 0 Å². The van der Waals surface area contributed by atoms with Gasteiger partial charge in [-0.05, 0) is 32.4 Å². The highest BCUT2D eigenvalue weighted by Gasteiger charge is 2.34. The van der Waals surface area contributed by atoms with Crippen LogP contribution in [-0.2, 0) is 4.74 Å². The van der Waals surface area contributed by atoms with Crippen molar-refractivity contribution in [3.05, 3.63) is 0 Å². The van der Waals surface area contributed by atoms with E-state index in [4.69, 9.17) is 10.5 Å². The number of likely N-dealkylation sites (tertiary alicyclic amines) is 1. The van der Waals surface area contributed by atoms with Gasteiger partial charge in [-0.3, -0.25) is 0 Å². The molecule has 2 heterocycles. The second-order valence-electron chi connectivity index (χ2n) is 4.51. The Balaban J connectivity index is 1.66. The standard InChI is InChI=1S/C10H20N2O/c11-10(8-13-9-10)4-7-12-5-2-1-3-6-12/h1-9,11H2. The number of nitrogens with zero attached hydrogens (tertiary/aromatic N) is 1. The Morgan fingerprint density at radius 1 is 1.15 bits per heavy atom. The molecular formula is C10H20N2O. The summed E-state index contributed by atoms with van der Waals surface area (Å²) in [4.78, 5) is 2.54. The van der Waals surface area contributed by atoms with E-state index in [1.165, 1.54) is 38.9 Å². The molecule has 0 aromatic rings.